The number of aliphatic imine (C=N–C) groups is 1. The first kappa shape index (κ1) is 17.9. The van der Waals surface area contributed by atoms with Crippen molar-refractivity contribution in [1.82, 2.24) is 4.90 Å². The summed E-state index contributed by atoms with van der Waals surface area (Å²) < 4.78 is 18.5. The molecule has 0 aromatic carbocycles. The minimum atomic E-state index is 0.0841. The minimum Gasteiger partial charge on any atom is -0.475 e. The second kappa shape index (κ2) is 8.96. The van der Waals surface area contributed by atoms with Crippen LogP contribution in [0, 0.1) is 11.3 Å². The van der Waals surface area contributed by atoms with Gasteiger partial charge in [-0.25, -0.2) is 9.38 Å². The fourth-order valence-corrected chi connectivity index (χ4v) is 2.46. The molecule has 0 radical (unpaired) electrons. The normalized spacial score (nSPS) is 22.0. The lowest BCUT2D eigenvalue weighted by Crippen LogP contribution is -2.30. The molecule has 4 nitrogen and oxygen atoms in total. The van der Waals surface area contributed by atoms with E-state index in [1.807, 2.05) is 20.0 Å². The van der Waals surface area contributed by atoms with Gasteiger partial charge in [0.05, 0.1) is 5.70 Å². The van der Waals surface area contributed by atoms with Gasteiger partial charge in [-0.2, -0.15) is 5.26 Å². The van der Waals surface area contributed by atoms with Gasteiger partial charge in [0.2, 0.25) is 5.90 Å². The number of rotatable bonds is 6. The fraction of sp³-hybridized carbons (Fsp3) is 0.600. The molecule has 0 aromatic rings. The standard InChI is InChI=1S/C15H21BrFN3O/c1-11(9-18)15(19-13(8-17)7-12(2)16)21-10-14-5-4-6-20(14)3/h8,12,14H,1,4-7,10H2,2-3H3/b13-8-,19-15?/t12?,14-/m0/s1. The van der Waals surface area contributed by atoms with Crippen LogP contribution in [0.15, 0.2) is 29.2 Å². The van der Waals surface area contributed by atoms with Crippen molar-refractivity contribution in [1.29, 1.82) is 5.26 Å². The van der Waals surface area contributed by atoms with Gasteiger partial charge in [-0.1, -0.05) is 29.4 Å². The molecule has 116 valence electrons. The minimum absolute atomic E-state index is 0.0841. The Labute approximate surface area is 134 Å². The molecule has 0 aliphatic carbocycles. The van der Waals surface area contributed by atoms with Gasteiger partial charge in [-0.05, 0) is 26.4 Å². The molecular formula is C15H21BrFN3O. The lowest BCUT2D eigenvalue weighted by molar-refractivity contribution is 0.190. The number of alkyl halides is 1. The number of nitriles is 1. The highest BCUT2D eigenvalue weighted by atomic mass is 79.9. The number of likely N-dealkylation sites (tertiary alicyclic amines) is 1. The third kappa shape index (κ3) is 5.98. The van der Waals surface area contributed by atoms with Gasteiger partial charge in [-0.15, -0.1) is 0 Å². The largest absolute Gasteiger partial charge is 0.475 e. The van der Waals surface area contributed by atoms with E-state index >= 15 is 0 Å². The molecule has 1 fully saturated rings. The van der Waals surface area contributed by atoms with Gasteiger partial charge in [-0.3, -0.25) is 0 Å². The van der Waals surface area contributed by atoms with Crippen LogP contribution in [0.3, 0.4) is 0 Å². The van der Waals surface area contributed by atoms with Gasteiger partial charge < -0.3 is 9.64 Å². The summed E-state index contributed by atoms with van der Waals surface area (Å²) in [6, 6.07) is 2.21. The Morgan fingerprint density at radius 1 is 1.71 bits per heavy atom. The Balaban J connectivity index is 2.75. The number of halogens is 2. The lowest BCUT2D eigenvalue weighted by atomic mass is 10.2. The summed E-state index contributed by atoms with van der Waals surface area (Å²) in [5, 5.41) is 8.97. The van der Waals surface area contributed by atoms with Crippen LogP contribution in [0.5, 0.6) is 0 Å². The molecule has 0 amide bonds. The van der Waals surface area contributed by atoms with E-state index in [0.29, 0.717) is 25.4 Å². The smallest absolute Gasteiger partial charge is 0.231 e. The number of likely N-dealkylation sites (N-methyl/N-ethyl adjacent to an activating group) is 1. The van der Waals surface area contributed by atoms with Crippen molar-refractivity contribution in [3.63, 3.8) is 0 Å². The second-order valence-electron chi connectivity index (χ2n) is 5.18. The van der Waals surface area contributed by atoms with Crippen LogP contribution < -0.4 is 0 Å². The van der Waals surface area contributed by atoms with Gasteiger partial charge in [0.15, 0.2) is 0 Å². The molecule has 1 rings (SSSR count). The zero-order chi connectivity index (χ0) is 15.8. The van der Waals surface area contributed by atoms with Crippen LogP contribution in [-0.4, -0.2) is 41.9 Å². The summed E-state index contributed by atoms with van der Waals surface area (Å²) in [6.45, 7) is 6.98. The molecule has 0 spiro atoms. The van der Waals surface area contributed by atoms with Crippen molar-refractivity contribution in [2.24, 2.45) is 4.99 Å². The highest BCUT2D eigenvalue weighted by Gasteiger charge is 2.22. The zero-order valence-corrected chi connectivity index (χ0v) is 14.1. The summed E-state index contributed by atoms with van der Waals surface area (Å²) in [6.07, 6.45) is 3.03. The van der Waals surface area contributed by atoms with Crippen LogP contribution in [0.25, 0.3) is 0 Å². The van der Waals surface area contributed by atoms with E-state index in [-0.39, 0.29) is 22.0 Å². The molecule has 0 N–H and O–H groups in total. The van der Waals surface area contributed by atoms with E-state index < -0.39 is 0 Å². The van der Waals surface area contributed by atoms with Gasteiger partial charge in [0, 0.05) is 17.3 Å². The number of nitrogens with zero attached hydrogens (tertiary/aromatic N) is 3. The van der Waals surface area contributed by atoms with Gasteiger partial charge >= 0.3 is 0 Å². The number of allylic oxidation sites excluding steroid dienone is 1. The van der Waals surface area contributed by atoms with Crippen LogP contribution in [0.4, 0.5) is 4.39 Å². The first-order valence-corrected chi connectivity index (χ1v) is 7.84. The van der Waals surface area contributed by atoms with Crippen LogP contribution in [0.1, 0.15) is 26.2 Å². The monoisotopic (exact) mass is 357 g/mol. The van der Waals surface area contributed by atoms with Crippen LogP contribution >= 0.6 is 15.9 Å². The maximum Gasteiger partial charge on any atom is 0.231 e. The van der Waals surface area contributed by atoms with Crippen LogP contribution in [-0.2, 0) is 4.74 Å². The predicted molar refractivity (Wildman–Crippen MR) is 86.0 cm³/mol. The van der Waals surface area contributed by atoms with Crippen molar-refractivity contribution in [2.75, 3.05) is 20.2 Å². The summed E-state index contributed by atoms with van der Waals surface area (Å²) in [4.78, 5) is 6.39. The summed E-state index contributed by atoms with van der Waals surface area (Å²) in [5.74, 6) is 0.106. The average molecular weight is 358 g/mol. The number of ether oxygens (including phenoxy) is 1. The second-order valence-corrected chi connectivity index (χ2v) is 6.74. The first-order valence-electron chi connectivity index (χ1n) is 6.92. The molecule has 0 aromatic heterocycles. The van der Waals surface area contributed by atoms with E-state index in [2.05, 4.69) is 32.4 Å². The van der Waals surface area contributed by atoms with Crippen molar-refractivity contribution in [2.45, 2.75) is 37.1 Å². The Morgan fingerprint density at radius 2 is 2.43 bits per heavy atom. The van der Waals surface area contributed by atoms with E-state index in [0.717, 1.165) is 19.4 Å². The lowest BCUT2D eigenvalue weighted by Gasteiger charge is -2.20. The maximum atomic E-state index is 12.9. The molecule has 1 aliphatic rings. The van der Waals surface area contributed by atoms with Gasteiger partial charge in [0.1, 0.15) is 24.6 Å². The first-order chi connectivity index (χ1) is 9.97. The maximum absolute atomic E-state index is 12.9. The SMILES string of the molecule is C=C(C#N)C(=N/C(=C\F)CC(C)Br)OC[C@@H]1CCCN1C. The number of hydrogen-bond acceptors (Lipinski definition) is 4. The average Bonchev–Trinajstić information content (AvgIpc) is 2.86. The van der Waals surface area contributed by atoms with Gasteiger partial charge in [0.25, 0.3) is 0 Å². The molecule has 0 bridgehead atoms. The van der Waals surface area contributed by atoms with Crippen molar-refractivity contribution >= 4 is 21.8 Å². The molecule has 6 heteroatoms. The summed E-state index contributed by atoms with van der Waals surface area (Å²) in [5.41, 5.74) is 0.336. The zero-order valence-electron chi connectivity index (χ0n) is 12.5. The van der Waals surface area contributed by atoms with Crippen molar-refractivity contribution in [3.8, 4) is 6.07 Å². The Bertz CT molecular complexity index is 468. The molecule has 0 saturated carbocycles. The highest BCUT2D eigenvalue weighted by Crippen LogP contribution is 2.18. The van der Waals surface area contributed by atoms with E-state index in [9.17, 15) is 4.39 Å². The van der Waals surface area contributed by atoms with Crippen molar-refractivity contribution in [3.05, 3.63) is 24.2 Å². The van der Waals surface area contributed by atoms with Crippen molar-refractivity contribution < 1.29 is 9.13 Å². The summed E-state index contributed by atoms with van der Waals surface area (Å²) >= 11 is 3.35. The molecule has 1 aliphatic heterocycles. The molecule has 1 saturated heterocycles. The van der Waals surface area contributed by atoms with E-state index in [1.54, 1.807) is 0 Å². The predicted octanol–water partition coefficient (Wildman–Crippen LogP) is 3.56. The third-order valence-corrected chi connectivity index (χ3v) is 3.66. The number of hydrogen-bond donors (Lipinski definition) is 0. The molecular weight excluding hydrogens is 337 g/mol. The Kier molecular flexibility index (Phi) is 7.62. The molecule has 2 atom stereocenters. The highest BCUT2D eigenvalue weighted by molar-refractivity contribution is 9.09. The topological polar surface area (TPSA) is 48.6 Å². The molecule has 1 heterocycles. The van der Waals surface area contributed by atoms with Crippen LogP contribution in [0.2, 0.25) is 0 Å². The Morgan fingerprint density at radius 3 is 2.90 bits per heavy atom. The quantitative estimate of drug-likeness (QED) is 0.316. The van der Waals surface area contributed by atoms with E-state index in [4.69, 9.17) is 10.00 Å². The summed E-state index contributed by atoms with van der Waals surface area (Å²) in [7, 11) is 2.04. The molecule has 21 heavy (non-hydrogen) atoms. The third-order valence-electron chi connectivity index (χ3n) is 3.34. The van der Waals surface area contributed by atoms with E-state index in [1.165, 1.54) is 0 Å². The molecule has 1 unspecified atom stereocenters. The Hall–Kier alpha value is -1.19. The fourth-order valence-electron chi connectivity index (χ4n) is 2.13.